The van der Waals surface area contributed by atoms with E-state index in [-0.39, 0.29) is 11.8 Å². The number of nitrogens with one attached hydrogen (secondary N) is 2. The fourth-order valence-electron chi connectivity index (χ4n) is 2.47. The molecule has 0 bridgehead atoms. The molecule has 0 saturated carbocycles. The summed E-state index contributed by atoms with van der Waals surface area (Å²) in [4.78, 5) is 24.2. The van der Waals surface area contributed by atoms with Crippen LogP contribution in [0.3, 0.4) is 0 Å². The zero-order chi connectivity index (χ0) is 18.8. The van der Waals surface area contributed by atoms with Crippen molar-refractivity contribution in [3.05, 3.63) is 65.2 Å². The third kappa shape index (κ3) is 5.92. The van der Waals surface area contributed by atoms with Gasteiger partial charge in [0, 0.05) is 24.2 Å². The lowest BCUT2D eigenvalue weighted by atomic mass is 10.1. The Morgan fingerprint density at radius 2 is 1.38 bits per heavy atom. The van der Waals surface area contributed by atoms with Gasteiger partial charge in [-0.15, -0.1) is 0 Å². The Kier molecular flexibility index (Phi) is 7.68. The van der Waals surface area contributed by atoms with Gasteiger partial charge in [-0.1, -0.05) is 25.5 Å². The van der Waals surface area contributed by atoms with E-state index in [0.29, 0.717) is 24.2 Å². The summed E-state index contributed by atoms with van der Waals surface area (Å²) in [6.45, 7) is 3.29. The van der Waals surface area contributed by atoms with Gasteiger partial charge in [-0.3, -0.25) is 9.59 Å². The van der Waals surface area contributed by atoms with Crippen LogP contribution in [0.25, 0.3) is 0 Å². The first-order chi connectivity index (χ1) is 12.6. The second-order valence-corrected chi connectivity index (χ2v) is 6.04. The molecule has 0 aromatic heterocycles. The van der Waals surface area contributed by atoms with Gasteiger partial charge in [-0.05, 0) is 54.8 Å². The summed E-state index contributed by atoms with van der Waals surface area (Å²) in [7, 11) is 1.63. The Bertz CT molecular complexity index is 709. The molecule has 2 aromatic carbocycles. The topological polar surface area (TPSA) is 67.4 Å². The SMILES string of the molecule is CCCCNC(=O)c1ccc(C(=O)NCCc2ccc(OC)cc2)cc1. The molecule has 0 fully saturated rings. The fraction of sp³-hybridized carbons (Fsp3) is 0.333. The zero-order valence-electron chi connectivity index (χ0n) is 15.4. The van der Waals surface area contributed by atoms with Crippen LogP contribution in [0.1, 0.15) is 46.0 Å². The van der Waals surface area contributed by atoms with E-state index in [9.17, 15) is 9.59 Å². The van der Waals surface area contributed by atoms with E-state index in [1.165, 1.54) is 0 Å². The van der Waals surface area contributed by atoms with Crippen molar-refractivity contribution >= 4 is 11.8 Å². The molecule has 0 saturated heterocycles. The maximum absolute atomic E-state index is 12.2. The molecule has 0 unspecified atom stereocenters. The number of benzene rings is 2. The third-order valence-corrected chi connectivity index (χ3v) is 4.08. The molecule has 0 heterocycles. The highest BCUT2D eigenvalue weighted by molar-refractivity contribution is 5.97. The Morgan fingerprint density at radius 3 is 1.88 bits per heavy atom. The van der Waals surface area contributed by atoms with Crippen LogP contribution in [0.4, 0.5) is 0 Å². The summed E-state index contributed by atoms with van der Waals surface area (Å²) in [5, 5.41) is 5.76. The van der Waals surface area contributed by atoms with Crippen LogP contribution in [0.5, 0.6) is 5.75 Å². The van der Waals surface area contributed by atoms with Crippen molar-refractivity contribution in [3.63, 3.8) is 0 Å². The second-order valence-electron chi connectivity index (χ2n) is 6.04. The lowest BCUT2D eigenvalue weighted by Crippen LogP contribution is -2.26. The molecule has 2 N–H and O–H groups in total. The van der Waals surface area contributed by atoms with Crippen molar-refractivity contribution in [3.8, 4) is 5.75 Å². The predicted molar refractivity (Wildman–Crippen MR) is 103 cm³/mol. The average molecular weight is 354 g/mol. The van der Waals surface area contributed by atoms with Crippen LogP contribution in [-0.4, -0.2) is 32.0 Å². The number of carbonyl (C=O) groups excluding carboxylic acids is 2. The van der Waals surface area contributed by atoms with Crippen LogP contribution in [-0.2, 0) is 6.42 Å². The number of methoxy groups -OCH3 is 1. The average Bonchev–Trinajstić information content (AvgIpc) is 2.68. The van der Waals surface area contributed by atoms with E-state index >= 15 is 0 Å². The van der Waals surface area contributed by atoms with E-state index in [0.717, 1.165) is 30.6 Å². The first kappa shape index (κ1) is 19.5. The molecule has 5 heteroatoms. The Balaban J connectivity index is 1.80. The van der Waals surface area contributed by atoms with Gasteiger partial charge in [0.2, 0.25) is 0 Å². The van der Waals surface area contributed by atoms with Gasteiger partial charge in [0.15, 0.2) is 0 Å². The monoisotopic (exact) mass is 354 g/mol. The summed E-state index contributed by atoms with van der Waals surface area (Å²) in [6, 6.07) is 14.5. The van der Waals surface area contributed by atoms with Gasteiger partial charge in [0.25, 0.3) is 11.8 Å². The lowest BCUT2D eigenvalue weighted by molar-refractivity contribution is 0.0941. The number of rotatable bonds is 9. The first-order valence-corrected chi connectivity index (χ1v) is 8.93. The minimum Gasteiger partial charge on any atom is -0.497 e. The van der Waals surface area contributed by atoms with Crippen molar-refractivity contribution in [2.75, 3.05) is 20.2 Å². The quantitative estimate of drug-likeness (QED) is 0.680. The molecule has 2 aromatic rings. The minimum absolute atomic E-state index is 0.107. The van der Waals surface area contributed by atoms with Crippen LogP contribution in [0.2, 0.25) is 0 Å². The molecular weight excluding hydrogens is 328 g/mol. The third-order valence-electron chi connectivity index (χ3n) is 4.08. The largest absolute Gasteiger partial charge is 0.497 e. The standard InChI is InChI=1S/C21H26N2O3/c1-3-4-14-22-20(24)17-7-9-18(10-8-17)21(25)23-15-13-16-5-11-19(26-2)12-6-16/h5-12H,3-4,13-15H2,1-2H3,(H,22,24)(H,23,25). The summed E-state index contributed by atoms with van der Waals surface area (Å²) >= 11 is 0. The summed E-state index contributed by atoms with van der Waals surface area (Å²) in [6.07, 6.45) is 2.74. The van der Waals surface area contributed by atoms with E-state index in [1.54, 1.807) is 31.4 Å². The van der Waals surface area contributed by atoms with Gasteiger partial charge in [0.1, 0.15) is 5.75 Å². The number of unbranched alkanes of at least 4 members (excludes halogenated alkanes) is 1. The maximum atomic E-state index is 12.2. The van der Waals surface area contributed by atoms with Crippen molar-refractivity contribution in [2.45, 2.75) is 26.2 Å². The van der Waals surface area contributed by atoms with Crippen LogP contribution < -0.4 is 15.4 Å². The molecule has 0 aliphatic rings. The minimum atomic E-state index is -0.142. The highest BCUT2D eigenvalue weighted by Gasteiger charge is 2.08. The molecular formula is C21H26N2O3. The zero-order valence-corrected chi connectivity index (χ0v) is 15.4. The van der Waals surface area contributed by atoms with Gasteiger partial charge in [0.05, 0.1) is 7.11 Å². The lowest BCUT2D eigenvalue weighted by Gasteiger charge is -2.08. The van der Waals surface area contributed by atoms with Gasteiger partial charge < -0.3 is 15.4 Å². The molecule has 138 valence electrons. The highest BCUT2D eigenvalue weighted by atomic mass is 16.5. The number of amides is 2. The molecule has 26 heavy (non-hydrogen) atoms. The number of ether oxygens (including phenoxy) is 1. The fourth-order valence-corrected chi connectivity index (χ4v) is 2.47. The summed E-state index contributed by atoms with van der Waals surface area (Å²) in [5.74, 6) is 0.568. The van der Waals surface area contributed by atoms with Crippen molar-refractivity contribution in [2.24, 2.45) is 0 Å². The van der Waals surface area contributed by atoms with Crippen LogP contribution in [0.15, 0.2) is 48.5 Å². The molecule has 0 aliphatic heterocycles. The predicted octanol–water partition coefficient (Wildman–Crippen LogP) is 3.20. The van der Waals surface area contributed by atoms with Gasteiger partial charge in [-0.25, -0.2) is 0 Å². The van der Waals surface area contributed by atoms with Crippen molar-refractivity contribution in [1.82, 2.24) is 10.6 Å². The van der Waals surface area contributed by atoms with E-state index < -0.39 is 0 Å². The van der Waals surface area contributed by atoms with Crippen LogP contribution in [0, 0.1) is 0 Å². The summed E-state index contributed by atoms with van der Waals surface area (Å²) in [5.41, 5.74) is 2.24. The Hall–Kier alpha value is -2.82. The summed E-state index contributed by atoms with van der Waals surface area (Å²) < 4.78 is 5.13. The van der Waals surface area contributed by atoms with Crippen molar-refractivity contribution in [1.29, 1.82) is 0 Å². The normalized spacial score (nSPS) is 10.2. The Labute approximate surface area is 154 Å². The number of hydrogen-bond acceptors (Lipinski definition) is 3. The molecule has 2 rings (SSSR count). The van der Waals surface area contributed by atoms with E-state index in [1.807, 2.05) is 24.3 Å². The van der Waals surface area contributed by atoms with Crippen molar-refractivity contribution < 1.29 is 14.3 Å². The van der Waals surface area contributed by atoms with Gasteiger partial charge in [-0.2, -0.15) is 0 Å². The molecule has 0 spiro atoms. The number of hydrogen-bond donors (Lipinski definition) is 2. The number of carbonyl (C=O) groups is 2. The van der Waals surface area contributed by atoms with Gasteiger partial charge >= 0.3 is 0 Å². The van der Waals surface area contributed by atoms with Crippen LogP contribution >= 0.6 is 0 Å². The maximum Gasteiger partial charge on any atom is 0.251 e. The second kappa shape index (κ2) is 10.2. The molecule has 0 atom stereocenters. The van der Waals surface area contributed by atoms with E-state index in [4.69, 9.17) is 4.74 Å². The molecule has 2 amide bonds. The Morgan fingerprint density at radius 1 is 0.846 bits per heavy atom. The smallest absolute Gasteiger partial charge is 0.251 e. The van der Waals surface area contributed by atoms with E-state index in [2.05, 4.69) is 17.6 Å². The first-order valence-electron chi connectivity index (χ1n) is 8.93. The molecule has 0 radical (unpaired) electrons. The highest BCUT2D eigenvalue weighted by Crippen LogP contribution is 2.11. The molecule has 0 aliphatic carbocycles. The molecule has 5 nitrogen and oxygen atoms in total.